The van der Waals surface area contributed by atoms with E-state index in [1.165, 1.54) is 24.0 Å². The third kappa shape index (κ3) is 5.05. The van der Waals surface area contributed by atoms with E-state index in [0.29, 0.717) is 19.1 Å². The molecule has 0 aliphatic heterocycles. The molecule has 0 unspecified atom stereocenters. The highest BCUT2D eigenvalue weighted by Crippen LogP contribution is 2.33. The Bertz CT molecular complexity index is 1320. The van der Waals surface area contributed by atoms with E-state index < -0.39 is 0 Å². The van der Waals surface area contributed by atoms with Crippen LogP contribution in [0.2, 0.25) is 0 Å². The largest absolute Gasteiger partial charge is 0.322 e. The summed E-state index contributed by atoms with van der Waals surface area (Å²) in [4.78, 5) is 18.6. The molecular weight excluding hydrogens is 436 g/mol. The minimum absolute atomic E-state index is 0.00267. The summed E-state index contributed by atoms with van der Waals surface area (Å²) in [6, 6.07) is 19.1. The highest BCUT2D eigenvalue weighted by atomic mass is 16.1. The maximum absolute atomic E-state index is 13.1. The van der Waals surface area contributed by atoms with Gasteiger partial charge in [0.05, 0.1) is 12.1 Å². The van der Waals surface area contributed by atoms with E-state index in [-0.39, 0.29) is 11.6 Å². The molecule has 0 amide bonds. The third-order valence-corrected chi connectivity index (χ3v) is 7.31. The molecule has 5 rings (SSSR count). The lowest BCUT2D eigenvalue weighted by atomic mass is 10.1. The van der Waals surface area contributed by atoms with Crippen LogP contribution in [0.1, 0.15) is 80.6 Å². The molecule has 7 heteroatoms. The molecular formula is C28H34N6O. The van der Waals surface area contributed by atoms with E-state index in [4.69, 9.17) is 0 Å². The Hall–Kier alpha value is -3.32. The highest BCUT2D eigenvalue weighted by Gasteiger charge is 2.29. The van der Waals surface area contributed by atoms with E-state index in [9.17, 15) is 4.79 Å². The molecule has 0 spiro atoms. The van der Waals surface area contributed by atoms with Gasteiger partial charge in [-0.2, -0.15) is 0 Å². The quantitative estimate of drug-likeness (QED) is 0.357. The molecule has 0 bridgehead atoms. The van der Waals surface area contributed by atoms with Gasteiger partial charge in [-0.25, -0.2) is 4.68 Å². The second-order valence-electron chi connectivity index (χ2n) is 9.63. The summed E-state index contributed by atoms with van der Waals surface area (Å²) in [7, 11) is 0. The first-order valence-corrected chi connectivity index (χ1v) is 12.9. The molecule has 1 N–H and O–H groups in total. The second-order valence-corrected chi connectivity index (χ2v) is 9.63. The van der Waals surface area contributed by atoms with Crippen LogP contribution >= 0.6 is 0 Å². The van der Waals surface area contributed by atoms with Crippen molar-refractivity contribution < 1.29 is 0 Å². The first-order chi connectivity index (χ1) is 17.2. The maximum Gasteiger partial charge on any atom is 0.252 e. The van der Waals surface area contributed by atoms with Gasteiger partial charge < -0.3 is 4.98 Å². The van der Waals surface area contributed by atoms with Crippen molar-refractivity contribution in [2.45, 2.75) is 77.5 Å². The van der Waals surface area contributed by atoms with Gasteiger partial charge >= 0.3 is 0 Å². The van der Waals surface area contributed by atoms with Crippen molar-refractivity contribution in [2.75, 3.05) is 0 Å². The summed E-state index contributed by atoms with van der Waals surface area (Å²) in [5.74, 6) is 0.904. The minimum atomic E-state index is -0.0370. The lowest BCUT2D eigenvalue weighted by Gasteiger charge is -2.31. The van der Waals surface area contributed by atoms with E-state index in [1.807, 2.05) is 12.1 Å². The van der Waals surface area contributed by atoms with Gasteiger partial charge in [0.2, 0.25) is 0 Å². The number of hydrogen-bond acceptors (Lipinski definition) is 5. The molecule has 2 aromatic heterocycles. The second kappa shape index (κ2) is 10.5. The number of fused-ring (bicyclic) bond motifs is 1. The molecule has 7 nitrogen and oxygen atoms in total. The van der Waals surface area contributed by atoms with Gasteiger partial charge in [-0.1, -0.05) is 63.1 Å². The first kappa shape index (κ1) is 23.4. The Morgan fingerprint density at radius 1 is 1.03 bits per heavy atom. The number of benzene rings is 2. The summed E-state index contributed by atoms with van der Waals surface area (Å²) in [5, 5.41) is 14.1. The summed E-state index contributed by atoms with van der Waals surface area (Å²) in [6.07, 6.45) is 6.51. The van der Waals surface area contributed by atoms with Gasteiger partial charge in [0, 0.05) is 24.2 Å². The van der Waals surface area contributed by atoms with Gasteiger partial charge in [-0.05, 0) is 70.8 Å². The SMILES string of the molecule is CCc1ccc2[nH]c(=O)c(CN(Cc3ccccc3)[C@@H](CC)c3nnnn3C3CCCC3)cc2c1. The van der Waals surface area contributed by atoms with E-state index in [0.717, 1.165) is 48.0 Å². The van der Waals surface area contributed by atoms with Crippen molar-refractivity contribution in [3.8, 4) is 0 Å². The molecule has 1 aliphatic carbocycles. The molecule has 2 aromatic carbocycles. The molecule has 4 aromatic rings. The minimum Gasteiger partial charge on any atom is -0.322 e. The summed E-state index contributed by atoms with van der Waals surface area (Å²) in [5.41, 5.74) is 4.07. The number of nitrogens with one attached hydrogen (secondary N) is 1. The van der Waals surface area contributed by atoms with Crippen molar-refractivity contribution in [1.29, 1.82) is 0 Å². The number of aromatic nitrogens is 5. The summed E-state index contributed by atoms with van der Waals surface area (Å²) < 4.78 is 2.05. The van der Waals surface area contributed by atoms with Crippen LogP contribution in [0.25, 0.3) is 10.9 Å². The van der Waals surface area contributed by atoms with Crippen LogP contribution in [-0.2, 0) is 19.5 Å². The van der Waals surface area contributed by atoms with Gasteiger partial charge in [0.15, 0.2) is 5.82 Å². The number of pyridine rings is 1. The number of rotatable bonds is 9. The van der Waals surface area contributed by atoms with E-state index in [2.05, 4.69) is 86.4 Å². The Balaban J connectivity index is 1.53. The summed E-state index contributed by atoms with van der Waals surface area (Å²) in [6.45, 7) is 5.56. The zero-order valence-electron chi connectivity index (χ0n) is 20.7. The van der Waals surface area contributed by atoms with Crippen molar-refractivity contribution in [3.63, 3.8) is 0 Å². The van der Waals surface area contributed by atoms with E-state index >= 15 is 0 Å². The fourth-order valence-corrected chi connectivity index (χ4v) is 5.38. The molecule has 35 heavy (non-hydrogen) atoms. The van der Waals surface area contributed by atoms with Gasteiger partial charge in [0.25, 0.3) is 5.56 Å². The Morgan fingerprint density at radius 2 is 1.83 bits per heavy atom. The fourth-order valence-electron chi connectivity index (χ4n) is 5.38. The van der Waals surface area contributed by atoms with Crippen LogP contribution in [0.4, 0.5) is 0 Å². The van der Waals surface area contributed by atoms with Crippen LogP contribution in [0.3, 0.4) is 0 Å². The molecule has 2 heterocycles. The van der Waals surface area contributed by atoms with Gasteiger partial charge in [-0.3, -0.25) is 9.69 Å². The Morgan fingerprint density at radius 3 is 2.57 bits per heavy atom. The van der Waals surface area contributed by atoms with Crippen molar-refractivity contribution >= 4 is 10.9 Å². The molecule has 0 radical (unpaired) electrons. The number of H-pyrrole nitrogens is 1. The number of hydrogen-bond donors (Lipinski definition) is 1. The number of aromatic amines is 1. The predicted molar refractivity (Wildman–Crippen MR) is 138 cm³/mol. The average molecular weight is 471 g/mol. The van der Waals surface area contributed by atoms with Crippen LogP contribution in [0.5, 0.6) is 0 Å². The zero-order chi connectivity index (χ0) is 24.2. The number of nitrogens with zero attached hydrogens (tertiary/aromatic N) is 5. The molecule has 1 aliphatic rings. The molecule has 0 saturated heterocycles. The van der Waals surface area contributed by atoms with Crippen LogP contribution in [-0.4, -0.2) is 30.1 Å². The normalized spacial score (nSPS) is 15.3. The van der Waals surface area contributed by atoms with E-state index in [1.54, 1.807) is 0 Å². The van der Waals surface area contributed by atoms with Crippen molar-refractivity contribution in [3.05, 3.63) is 87.5 Å². The lowest BCUT2D eigenvalue weighted by Crippen LogP contribution is -2.32. The van der Waals surface area contributed by atoms with Crippen LogP contribution < -0.4 is 5.56 Å². The maximum atomic E-state index is 13.1. The van der Waals surface area contributed by atoms with Gasteiger partial charge in [-0.15, -0.1) is 5.10 Å². The smallest absolute Gasteiger partial charge is 0.252 e. The Kier molecular flexibility index (Phi) is 7.04. The summed E-state index contributed by atoms with van der Waals surface area (Å²) >= 11 is 0. The molecule has 1 saturated carbocycles. The third-order valence-electron chi connectivity index (χ3n) is 7.31. The molecule has 1 fully saturated rings. The fraction of sp³-hybridized carbons (Fsp3) is 0.429. The van der Waals surface area contributed by atoms with Gasteiger partial charge in [0.1, 0.15) is 0 Å². The predicted octanol–water partition coefficient (Wildman–Crippen LogP) is 5.35. The average Bonchev–Trinajstić information content (AvgIpc) is 3.58. The number of tetrazole rings is 1. The van der Waals surface area contributed by atoms with Crippen LogP contribution in [0, 0.1) is 0 Å². The Labute approximate surface area is 206 Å². The monoisotopic (exact) mass is 470 g/mol. The first-order valence-electron chi connectivity index (χ1n) is 12.9. The number of aryl methyl sites for hydroxylation is 1. The van der Waals surface area contributed by atoms with Crippen molar-refractivity contribution in [1.82, 2.24) is 30.1 Å². The molecule has 1 atom stereocenters. The lowest BCUT2D eigenvalue weighted by molar-refractivity contribution is 0.158. The topological polar surface area (TPSA) is 79.7 Å². The van der Waals surface area contributed by atoms with Crippen molar-refractivity contribution in [2.24, 2.45) is 0 Å². The molecule has 182 valence electrons. The van der Waals surface area contributed by atoms with Crippen LogP contribution in [0.15, 0.2) is 59.4 Å². The zero-order valence-corrected chi connectivity index (χ0v) is 20.7. The highest BCUT2D eigenvalue weighted by molar-refractivity contribution is 5.79. The standard InChI is InChI=1S/C28H34N6O/c1-3-20-14-15-25-22(16-20)17-23(28(35)29-25)19-33(18-21-10-6-5-7-11-21)26(4-2)27-30-31-32-34(27)24-12-8-9-13-24/h5-7,10-11,14-17,24,26H,3-4,8-9,12-13,18-19H2,1-2H3,(H,29,35)/t26-/m0/s1.